The molecule has 2 aromatic carbocycles. The molecule has 1 aliphatic heterocycles. The fraction of sp³-hybridized carbons (Fsp3) is 0.448. The Kier molecular flexibility index (Phi) is 8.79. The van der Waals surface area contributed by atoms with E-state index in [1.54, 1.807) is 26.4 Å². The molecular formula is C29H37NO6. The van der Waals surface area contributed by atoms with Crippen molar-refractivity contribution in [3.05, 3.63) is 64.7 Å². The number of hydrogen-bond donors (Lipinski definition) is 1. The van der Waals surface area contributed by atoms with Gasteiger partial charge in [0, 0.05) is 31.4 Å². The van der Waals surface area contributed by atoms with Gasteiger partial charge in [-0.05, 0) is 54.2 Å². The number of nitrogens with zero attached hydrogens (tertiary/aromatic N) is 1. The summed E-state index contributed by atoms with van der Waals surface area (Å²) in [5.74, 6) is -0.210. The topological polar surface area (TPSA) is 85.3 Å². The summed E-state index contributed by atoms with van der Waals surface area (Å²) in [6.07, 6.45) is 1.41. The zero-order chi connectivity index (χ0) is 26.5. The van der Waals surface area contributed by atoms with Gasteiger partial charge in [-0.25, -0.2) is 0 Å². The fourth-order valence-corrected chi connectivity index (χ4v) is 4.43. The molecule has 1 aliphatic rings. The largest absolute Gasteiger partial charge is 0.507 e. The number of methoxy groups -OCH3 is 2. The molecule has 1 N–H and O–H groups in total. The van der Waals surface area contributed by atoms with Gasteiger partial charge < -0.3 is 24.2 Å². The molecule has 2 aromatic rings. The van der Waals surface area contributed by atoms with Crippen LogP contribution in [0.15, 0.2) is 48.0 Å². The van der Waals surface area contributed by atoms with Gasteiger partial charge in [0.2, 0.25) is 0 Å². The molecule has 1 atom stereocenters. The number of likely N-dealkylation sites (tertiary alicyclic amines) is 1. The maximum atomic E-state index is 13.3. The van der Waals surface area contributed by atoms with Gasteiger partial charge in [-0.1, -0.05) is 39.8 Å². The number of carbonyl (C=O) groups is 2. The molecule has 0 saturated carbocycles. The Labute approximate surface area is 213 Å². The molecule has 0 aromatic heterocycles. The summed E-state index contributed by atoms with van der Waals surface area (Å²) in [7, 11) is 3.19. The molecule has 0 radical (unpaired) electrons. The predicted molar refractivity (Wildman–Crippen MR) is 139 cm³/mol. The third-order valence-electron chi connectivity index (χ3n) is 6.22. The molecule has 7 heteroatoms. The van der Waals surface area contributed by atoms with Crippen molar-refractivity contribution >= 4 is 17.4 Å². The number of ketones is 1. The van der Waals surface area contributed by atoms with Gasteiger partial charge in [0.05, 0.1) is 25.3 Å². The van der Waals surface area contributed by atoms with Crippen molar-refractivity contribution < 1.29 is 28.9 Å². The molecule has 1 unspecified atom stereocenters. The summed E-state index contributed by atoms with van der Waals surface area (Å²) >= 11 is 0. The molecule has 3 rings (SSSR count). The van der Waals surface area contributed by atoms with Crippen LogP contribution >= 0.6 is 0 Å². The lowest BCUT2D eigenvalue weighted by Gasteiger charge is -2.26. The molecule has 1 amide bonds. The van der Waals surface area contributed by atoms with Crippen LogP contribution in [0.1, 0.15) is 63.3 Å². The molecule has 1 saturated heterocycles. The molecule has 0 bridgehead atoms. The lowest BCUT2D eigenvalue weighted by molar-refractivity contribution is -0.140. The molecule has 1 heterocycles. The van der Waals surface area contributed by atoms with Crippen molar-refractivity contribution in [1.82, 2.24) is 4.90 Å². The molecule has 0 spiro atoms. The highest BCUT2D eigenvalue weighted by molar-refractivity contribution is 6.46. The summed E-state index contributed by atoms with van der Waals surface area (Å²) in [5.41, 5.74) is 1.84. The van der Waals surface area contributed by atoms with Crippen LogP contribution in [0.2, 0.25) is 0 Å². The highest BCUT2D eigenvalue weighted by Crippen LogP contribution is 2.41. The van der Waals surface area contributed by atoms with E-state index in [0.717, 1.165) is 12.0 Å². The van der Waals surface area contributed by atoms with E-state index in [-0.39, 0.29) is 16.7 Å². The van der Waals surface area contributed by atoms with Gasteiger partial charge >= 0.3 is 0 Å². The van der Waals surface area contributed by atoms with Crippen LogP contribution in [0, 0.1) is 0 Å². The molecular weight excluding hydrogens is 458 g/mol. The number of amides is 1. The van der Waals surface area contributed by atoms with Gasteiger partial charge in [-0.3, -0.25) is 9.59 Å². The normalized spacial score (nSPS) is 17.5. The van der Waals surface area contributed by atoms with Crippen LogP contribution < -0.4 is 9.47 Å². The van der Waals surface area contributed by atoms with Crippen molar-refractivity contribution in [3.63, 3.8) is 0 Å². The average molecular weight is 496 g/mol. The zero-order valence-electron chi connectivity index (χ0n) is 22.1. The van der Waals surface area contributed by atoms with Gasteiger partial charge in [0.1, 0.15) is 17.3 Å². The lowest BCUT2D eigenvalue weighted by Crippen LogP contribution is -2.31. The average Bonchev–Trinajstić information content (AvgIpc) is 3.11. The first-order valence-corrected chi connectivity index (χ1v) is 12.3. The first kappa shape index (κ1) is 27.3. The Morgan fingerprint density at radius 1 is 1.06 bits per heavy atom. The second-order valence-corrected chi connectivity index (χ2v) is 9.92. The molecule has 36 heavy (non-hydrogen) atoms. The van der Waals surface area contributed by atoms with E-state index in [2.05, 4.69) is 0 Å². The fourth-order valence-electron chi connectivity index (χ4n) is 4.43. The van der Waals surface area contributed by atoms with Gasteiger partial charge in [-0.15, -0.1) is 0 Å². The molecule has 7 nitrogen and oxygen atoms in total. The highest BCUT2D eigenvalue weighted by atomic mass is 16.5. The van der Waals surface area contributed by atoms with E-state index in [9.17, 15) is 14.7 Å². The number of benzene rings is 2. The number of ether oxygens (including phenoxy) is 3. The number of rotatable bonds is 10. The molecule has 0 aliphatic carbocycles. The van der Waals surface area contributed by atoms with Crippen LogP contribution in [0.25, 0.3) is 5.76 Å². The van der Waals surface area contributed by atoms with Crippen LogP contribution in [-0.4, -0.2) is 55.7 Å². The summed E-state index contributed by atoms with van der Waals surface area (Å²) in [6, 6.07) is 11.9. The Balaban J connectivity index is 2.17. The van der Waals surface area contributed by atoms with E-state index in [4.69, 9.17) is 14.2 Å². The minimum atomic E-state index is -0.743. The zero-order valence-corrected chi connectivity index (χ0v) is 22.1. The van der Waals surface area contributed by atoms with Gasteiger partial charge in [-0.2, -0.15) is 0 Å². The summed E-state index contributed by atoms with van der Waals surface area (Å²) in [5, 5.41) is 11.5. The summed E-state index contributed by atoms with van der Waals surface area (Å²) in [4.78, 5) is 28.0. The third kappa shape index (κ3) is 5.73. The minimum absolute atomic E-state index is 0.0649. The Morgan fingerprint density at radius 2 is 1.81 bits per heavy atom. The minimum Gasteiger partial charge on any atom is -0.507 e. The second-order valence-electron chi connectivity index (χ2n) is 9.92. The third-order valence-corrected chi connectivity index (χ3v) is 6.22. The molecule has 1 fully saturated rings. The SMILES string of the molecule is CCCOc1cccc(C2/C(=C(\O)c3ccc(OC)c(C(C)(C)C)c3)C(=O)C(=O)N2CCCOC)c1. The van der Waals surface area contributed by atoms with E-state index in [1.165, 1.54) is 4.90 Å². The van der Waals surface area contributed by atoms with Gasteiger partial charge in [0.25, 0.3) is 11.7 Å². The summed E-state index contributed by atoms with van der Waals surface area (Å²) < 4.78 is 16.5. The Bertz CT molecular complexity index is 1130. The van der Waals surface area contributed by atoms with Crippen LogP contribution in [0.5, 0.6) is 11.5 Å². The van der Waals surface area contributed by atoms with Crippen LogP contribution in [0.3, 0.4) is 0 Å². The number of Topliss-reactive ketones (excluding diaryl/α,β-unsaturated/α-hetero) is 1. The number of aliphatic hydroxyl groups is 1. The number of hydrogen-bond acceptors (Lipinski definition) is 6. The van der Waals surface area contributed by atoms with Crippen molar-refractivity contribution in [2.45, 2.75) is 52.0 Å². The Morgan fingerprint density at radius 3 is 2.44 bits per heavy atom. The smallest absolute Gasteiger partial charge is 0.295 e. The van der Waals surface area contributed by atoms with Crippen molar-refractivity contribution in [1.29, 1.82) is 0 Å². The van der Waals surface area contributed by atoms with Gasteiger partial charge in [0.15, 0.2) is 0 Å². The highest BCUT2D eigenvalue weighted by Gasteiger charge is 2.46. The second kappa shape index (κ2) is 11.6. The first-order valence-electron chi connectivity index (χ1n) is 12.3. The number of aliphatic hydroxyl groups excluding tert-OH is 1. The van der Waals surface area contributed by atoms with Crippen molar-refractivity contribution in [2.75, 3.05) is 34.0 Å². The number of carbonyl (C=O) groups excluding carboxylic acids is 2. The lowest BCUT2D eigenvalue weighted by atomic mass is 9.84. The van der Waals surface area contributed by atoms with E-state index in [0.29, 0.717) is 48.8 Å². The Hall–Kier alpha value is -3.32. The first-order chi connectivity index (χ1) is 17.1. The maximum absolute atomic E-state index is 13.3. The van der Waals surface area contributed by atoms with Crippen LogP contribution in [0.4, 0.5) is 0 Å². The van der Waals surface area contributed by atoms with E-state index < -0.39 is 17.7 Å². The summed E-state index contributed by atoms with van der Waals surface area (Å²) in [6.45, 7) is 9.48. The monoisotopic (exact) mass is 495 g/mol. The van der Waals surface area contributed by atoms with Crippen molar-refractivity contribution in [3.8, 4) is 11.5 Å². The van der Waals surface area contributed by atoms with E-state index >= 15 is 0 Å². The van der Waals surface area contributed by atoms with Crippen LogP contribution in [-0.2, 0) is 19.7 Å². The van der Waals surface area contributed by atoms with E-state index in [1.807, 2.05) is 58.0 Å². The standard InChI is InChI=1S/C29H37NO6/c1-7-15-36-21-11-8-10-19(17-21)25-24(27(32)28(33)30(25)14-9-16-34-5)26(31)20-12-13-23(35-6)22(18-20)29(2,3)4/h8,10-13,17-18,25,31H,7,9,14-16H2,1-6H3/b26-24+. The van der Waals surface area contributed by atoms with Crippen molar-refractivity contribution in [2.24, 2.45) is 0 Å². The predicted octanol–water partition coefficient (Wildman–Crippen LogP) is 5.24. The maximum Gasteiger partial charge on any atom is 0.295 e. The molecule has 194 valence electrons. The quantitative estimate of drug-likeness (QED) is 0.210.